The molecule has 8 heteroatoms. The molecule has 2 aromatic rings. The number of benzene rings is 2. The molecule has 140 valence electrons. The summed E-state index contributed by atoms with van der Waals surface area (Å²) < 4.78 is 43.8. The zero-order valence-corrected chi connectivity index (χ0v) is 15.6. The Bertz CT molecular complexity index is 869. The highest BCUT2D eigenvalue weighted by atomic mass is 32.2. The van der Waals surface area contributed by atoms with Crippen molar-refractivity contribution in [3.05, 3.63) is 54.3 Å². The van der Waals surface area contributed by atoms with Crippen LogP contribution in [0.3, 0.4) is 0 Å². The van der Waals surface area contributed by atoms with E-state index in [9.17, 15) is 17.6 Å². The summed E-state index contributed by atoms with van der Waals surface area (Å²) in [7, 11) is -3.76. The molecule has 0 aliphatic rings. The minimum atomic E-state index is -3.76. The van der Waals surface area contributed by atoms with Gasteiger partial charge in [0.2, 0.25) is 15.9 Å². The Labute approximate surface area is 152 Å². The summed E-state index contributed by atoms with van der Waals surface area (Å²) in [4.78, 5) is 12.6. The maximum Gasteiger partial charge on any atom is 0.247 e. The Balaban J connectivity index is 2.25. The molecule has 1 N–H and O–H groups in total. The molecule has 0 aliphatic heterocycles. The first-order chi connectivity index (χ1) is 12.2. The van der Waals surface area contributed by atoms with Gasteiger partial charge in [0.05, 0.1) is 18.6 Å². The van der Waals surface area contributed by atoms with E-state index in [2.05, 4.69) is 5.32 Å². The van der Waals surface area contributed by atoms with Crippen LogP contribution in [0.15, 0.2) is 48.5 Å². The molecule has 2 rings (SSSR count). The van der Waals surface area contributed by atoms with Gasteiger partial charge in [-0.3, -0.25) is 9.10 Å². The second-order valence-electron chi connectivity index (χ2n) is 5.66. The summed E-state index contributed by atoms with van der Waals surface area (Å²) in [5.41, 5.74) is 0.694. The van der Waals surface area contributed by atoms with Gasteiger partial charge in [-0.05, 0) is 50.2 Å². The second kappa shape index (κ2) is 8.18. The highest BCUT2D eigenvalue weighted by molar-refractivity contribution is 7.92. The van der Waals surface area contributed by atoms with Gasteiger partial charge in [-0.2, -0.15) is 0 Å². The number of rotatable bonds is 7. The Kier molecular flexibility index (Phi) is 6.20. The number of nitrogens with one attached hydrogen (secondary N) is 1. The maximum absolute atomic E-state index is 13.1. The average molecular weight is 380 g/mol. The van der Waals surface area contributed by atoms with Crippen molar-refractivity contribution in [3.8, 4) is 5.75 Å². The smallest absolute Gasteiger partial charge is 0.247 e. The van der Waals surface area contributed by atoms with E-state index >= 15 is 0 Å². The Morgan fingerprint density at radius 1 is 1.23 bits per heavy atom. The minimum absolute atomic E-state index is 0.208. The van der Waals surface area contributed by atoms with Crippen LogP contribution in [0.1, 0.15) is 13.8 Å². The third-order valence-corrected chi connectivity index (χ3v) is 4.82. The fourth-order valence-electron chi connectivity index (χ4n) is 2.47. The Morgan fingerprint density at radius 2 is 1.88 bits per heavy atom. The summed E-state index contributed by atoms with van der Waals surface area (Å²) in [6, 6.07) is 10.7. The molecular formula is C18H21FN2O4S. The standard InChI is InChI=1S/C18H21FN2O4S/c1-4-25-17-7-5-6-15(12-17)20-18(22)13(2)21(26(3,23)24)16-10-8-14(19)9-11-16/h5-13H,4H2,1-3H3,(H,20,22). The van der Waals surface area contributed by atoms with Crippen LogP contribution >= 0.6 is 0 Å². The monoisotopic (exact) mass is 380 g/mol. The molecule has 0 bridgehead atoms. The zero-order chi connectivity index (χ0) is 19.3. The number of nitrogens with zero attached hydrogens (tertiary/aromatic N) is 1. The van der Waals surface area contributed by atoms with Crippen LogP contribution in [0, 0.1) is 5.82 Å². The third-order valence-electron chi connectivity index (χ3n) is 3.58. The van der Waals surface area contributed by atoms with Crippen molar-refractivity contribution in [2.24, 2.45) is 0 Å². The normalized spacial score (nSPS) is 12.3. The number of hydrogen-bond donors (Lipinski definition) is 1. The fraction of sp³-hybridized carbons (Fsp3) is 0.278. The van der Waals surface area contributed by atoms with Gasteiger partial charge in [-0.1, -0.05) is 6.07 Å². The summed E-state index contributed by atoms with van der Waals surface area (Å²) in [5.74, 6) is -0.420. The van der Waals surface area contributed by atoms with E-state index in [1.807, 2.05) is 6.92 Å². The number of halogens is 1. The van der Waals surface area contributed by atoms with Gasteiger partial charge in [-0.15, -0.1) is 0 Å². The van der Waals surface area contributed by atoms with Crippen LogP contribution in [-0.2, 0) is 14.8 Å². The largest absolute Gasteiger partial charge is 0.494 e. The highest BCUT2D eigenvalue weighted by Gasteiger charge is 2.29. The van der Waals surface area contributed by atoms with Crippen LogP contribution in [0.4, 0.5) is 15.8 Å². The van der Waals surface area contributed by atoms with Gasteiger partial charge in [0.15, 0.2) is 0 Å². The van der Waals surface area contributed by atoms with Crippen LogP contribution in [0.5, 0.6) is 5.75 Å². The quantitative estimate of drug-likeness (QED) is 0.801. The van der Waals surface area contributed by atoms with E-state index in [0.29, 0.717) is 18.0 Å². The molecule has 1 amide bonds. The zero-order valence-electron chi connectivity index (χ0n) is 14.8. The molecule has 0 saturated carbocycles. The van der Waals surface area contributed by atoms with E-state index in [1.165, 1.54) is 19.1 Å². The molecule has 2 aromatic carbocycles. The van der Waals surface area contributed by atoms with Crippen molar-refractivity contribution < 1.29 is 22.3 Å². The van der Waals surface area contributed by atoms with Gasteiger partial charge >= 0.3 is 0 Å². The van der Waals surface area contributed by atoms with E-state index in [-0.39, 0.29) is 5.69 Å². The maximum atomic E-state index is 13.1. The molecule has 1 unspecified atom stereocenters. The SMILES string of the molecule is CCOc1cccc(NC(=O)C(C)N(c2ccc(F)cc2)S(C)(=O)=O)c1. The lowest BCUT2D eigenvalue weighted by molar-refractivity contribution is -0.116. The van der Waals surface area contributed by atoms with Gasteiger partial charge in [-0.25, -0.2) is 12.8 Å². The average Bonchev–Trinajstić information content (AvgIpc) is 2.56. The lowest BCUT2D eigenvalue weighted by Gasteiger charge is -2.28. The van der Waals surface area contributed by atoms with Crippen molar-refractivity contribution in [1.29, 1.82) is 0 Å². The van der Waals surface area contributed by atoms with E-state index in [4.69, 9.17) is 4.74 Å². The van der Waals surface area contributed by atoms with E-state index in [0.717, 1.165) is 22.7 Å². The Hall–Kier alpha value is -2.61. The van der Waals surface area contributed by atoms with Crippen molar-refractivity contribution in [3.63, 3.8) is 0 Å². The number of carbonyl (C=O) groups excluding carboxylic acids is 1. The summed E-state index contributed by atoms with van der Waals surface area (Å²) in [5, 5.41) is 2.68. The molecule has 6 nitrogen and oxygen atoms in total. The first-order valence-corrected chi connectivity index (χ1v) is 9.86. The molecule has 26 heavy (non-hydrogen) atoms. The van der Waals surface area contributed by atoms with Crippen LogP contribution in [0.2, 0.25) is 0 Å². The van der Waals surface area contributed by atoms with Crippen LogP contribution in [0.25, 0.3) is 0 Å². The van der Waals surface area contributed by atoms with Crippen molar-refractivity contribution >= 4 is 27.3 Å². The molecule has 0 fully saturated rings. The molecule has 0 spiro atoms. The molecule has 1 atom stereocenters. The predicted molar refractivity (Wildman–Crippen MR) is 99.4 cm³/mol. The lowest BCUT2D eigenvalue weighted by atomic mass is 10.2. The predicted octanol–water partition coefficient (Wildman–Crippen LogP) is 3.02. The lowest BCUT2D eigenvalue weighted by Crippen LogP contribution is -2.45. The summed E-state index contributed by atoms with van der Waals surface area (Å²) in [6.45, 7) is 3.80. The van der Waals surface area contributed by atoms with Crippen molar-refractivity contribution in [1.82, 2.24) is 0 Å². The van der Waals surface area contributed by atoms with E-state index in [1.54, 1.807) is 24.3 Å². The molecule has 0 radical (unpaired) electrons. The first kappa shape index (κ1) is 19.7. The van der Waals surface area contributed by atoms with Crippen LogP contribution < -0.4 is 14.4 Å². The highest BCUT2D eigenvalue weighted by Crippen LogP contribution is 2.23. The molecule has 0 aromatic heterocycles. The molecule has 0 aliphatic carbocycles. The van der Waals surface area contributed by atoms with Gasteiger partial charge in [0.1, 0.15) is 17.6 Å². The number of sulfonamides is 1. The van der Waals surface area contributed by atoms with Gasteiger partial charge < -0.3 is 10.1 Å². The molecule has 0 saturated heterocycles. The fourth-order valence-corrected chi connectivity index (χ4v) is 3.65. The van der Waals surface area contributed by atoms with Crippen LogP contribution in [-0.4, -0.2) is 33.2 Å². The van der Waals surface area contributed by atoms with Gasteiger partial charge in [0, 0.05) is 11.8 Å². The third kappa shape index (κ3) is 4.95. The number of carbonyl (C=O) groups is 1. The molecular weight excluding hydrogens is 359 g/mol. The number of anilines is 2. The van der Waals surface area contributed by atoms with Crippen molar-refractivity contribution in [2.75, 3.05) is 22.5 Å². The summed E-state index contributed by atoms with van der Waals surface area (Å²) in [6.07, 6.45) is 0.996. The topological polar surface area (TPSA) is 75.7 Å². The second-order valence-corrected chi connectivity index (χ2v) is 7.52. The van der Waals surface area contributed by atoms with Gasteiger partial charge in [0.25, 0.3) is 0 Å². The number of amides is 1. The van der Waals surface area contributed by atoms with Crippen molar-refractivity contribution in [2.45, 2.75) is 19.9 Å². The molecule has 0 heterocycles. The Morgan fingerprint density at radius 3 is 2.46 bits per heavy atom. The summed E-state index contributed by atoms with van der Waals surface area (Å²) >= 11 is 0. The number of ether oxygens (including phenoxy) is 1. The minimum Gasteiger partial charge on any atom is -0.494 e. The first-order valence-electron chi connectivity index (χ1n) is 8.01. The van der Waals surface area contributed by atoms with E-state index < -0.39 is 27.8 Å². The number of hydrogen-bond acceptors (Lipinski definition) is 4.